The van der Waals surface area contributed by atoms with Crippen molar-refractivity contribution in [2.45, 2.75) is 33.2 Å². The van der Waals surface area contributed by atoms with Crippen LogP contribution in [0.25, 0.3) is 21.6 Å². The average molecular weight is 642 g/mol. The summed E-state index contributed by atoms with van der Waals surface area (Å²) < 4.78 is 6.11. The number of nitrogens with two attached hydrogens (primary N) is 1. The van der Waals surface area contributed by atoms with Gasteiger partial charge in [-0.3, -0.25) is 14.4 Å². The van der Waals surface area contributed by atoms with E-state index in [0.29, 0.717) is 48.6 Å². The van der Waals surface area contributed by atoms with E-state index in [-0.39, 0.29) is 40.4 Å². The van der Waals surface area contributed by atoms with E-state index in [4.69, 9.17) is 10.5 Å². The zero-order valence-electron chi connectivity index (χ0n) is 26.0. The molecule has 2 aromatic carbocycles. The number of aromatic carboxylic acids is 1. The lowest BCUT2D eigenvalue weighted by atomic mass is 9.93. The van der Waals surface area contributed by atoms with Gasteiger partial charge in [-0.25, -0.2) is 9.78 Å². The number of hydrogen-bond acceptors (Lipinski definition) is 8. The van der Waals surface area contributed by atoms with E-state index in [9.17, 15) is 24.3 Å². The number of carbonyl (C=O) groups excluding carboxylic acids is 3. The van der Waals surface area contributed by atoms with E-state index < -0.39 is 23.5 Å². The van der Waals surface area contributed by atoms with E-state index in [0.717, 1.165) is 16.0 Å². The quantitative estimate of drug-likeness (QED) is 0.199. The zero-order chi connectivity index (χ0) is 33.1. The number of carboxylic acid groups (broad SMARTS) is 1. The number of amides is 3. The Kier molecular flexibility index (Phi) is 9.49. The van der Waals surface area contributed by atoms with Crippen molar-refractivity contribution in [1.29, 1.82) is 0 Å². The van der Waals surface area contributed by atoms with E-state index >= 15 is 0 Å². The smallest absolute Gasteiger partial charge is 0.355 e. The van der Waals surface area contributed by atoms with Gasteiger partial charge in [0.05, 0.1) is 17.9 Å². The van der Waals surface area contributed by atoms with E-state index in [1.165, 1.54) is 28.4 Å². The summed E-state index contributed by atoms with van der Waals surface area (Å²) in [5.74, 6) is -2.27. The average Bonchev–Trinajstić information content (AvgIpc) is 3.44. The first-order chi connectivity index (χ1) is 22.0. The van der Waals surface area contributed by atoms with Gasteiger partial charge in [-0.1, -0.05) is 13.0 Å². The zero-order valence-corrected chi connectivity index (χ0v) is 26.8. The number of carboxylic acids is 1. The highest BCUT2D eigenvalue weighted by atomic mass is 32.1. The molecule has 46 heavy (non-hydrogen) atoms. The third kappa shape index (κ3) is 6.35. The van der Waals surface area contributed by atoms with Crippen molar-refractivity contribution >= 4 is 40.7 Å². The van der Waals surface area contributed by atoms with Gasteiger partial charge in [0.15, 0.2) is 5.69 Å². The monoisotopic (exact) mass is 641 g/mol. The van der Waals surface area contributed by atoms with Crippen molar-refractivity contribution in [1.82, 2.24) is 15.2 Å². The molecule has 12 heteroatoms. The Balaban J connectivity index is 1.71. The second kappa shape index (κ2) is 13.5. The molecule has 0 saturated heterocycles. The molecule has 3 heterocycles. The van der Waals surface area contributed by atoms with Crippen LogP contribution in [0.3, 0.4) is 0 Å². The standard InChI is InChI=1S/C34H35N5O6S/c1-5-10-36-32(41)26-7-6-21(29(37-26)34(43)44)22-16-27-24(30-20(8-11-45-27)9-12-46-30)15-23(22)31(40)38-28-18(2)13-19(17-35)14-25(28)33(42)39(3)4/h6-7,9,12-16H,5,8,10-11,17,35H2,1-4H3,(H,36,41)(H,38,40)(H,43,44). The number of carbonyl (C=O) groups is 4. The summed E-state index contributed by atoms with van der Waals surface area (Å²) in [5, 5.41) is 17.8. The highest BCUT2D eigenvalue weighted by molar-refractivity contribution is 7.13. The van der Waals surface area contributed by atoms with Gasteiger partial charge in [0.2, 0.25) is 0 Å². The second-order valence-electron chi connectivity index (χ2n) is 11.1. The van der Waals surface area contributed by atoms with Crippen molar-refractivity contribution in [2.75, 3.05) is 32.6 Å². The number of ether oxygens (including phenoxy) is 1. The summed E-state index contributed by atoms with van der Waals surface area (Å²) >= 11 is 1.52. The maximum absolute atomic E-state index is 14.3. The highest BCUT2D eigenvalue weighted by Crippen LogP contribution is 2.43. The minimum absolute atomic E-state index is 0.0581. The van der Waals surface area contributed by atoms with Crippen LogP contribution in [-0.4, -0.2) is 65.9 Å². The van der Waals surface area contributed by atoms with E-state index in [2.05, 4.69) is 15.6 Å². The van der Waals surface area contributed by atoms with E-state index in [1.807, 2.05) is 18.4 Å². The molecule has 1 aliphatic rings. The number of aryl methyl sites for hydroxylation is 1. The SMILES string of the molecule is CCCNC(=O)c1ccc(-c2cc3c(cc2C(=O)Nc2c(C)cc(CN)cc2C(=O)N(C)C)-c2sccc2CCO3)c(C(=O)O)n1. The van der Waals surface area contributed by atoms with Crippen molar-refractivity contribution in [3.8, 4) is 27.3 Å². The minimum atomic E-state index is -1.37. The van der Waals surface area contributed by atoms with Crippen LogP contribution in [0.5, 0.6) is 5.75 Å². The summed E-state index contributed by atoms with van der Waals surface area (Å²) in [4.78, 5) is 59.3. The Morgan fingerprint density at radius 2 is 1.80 bits per heavy atom. The Labute approximate surface area is 270 Å². The fourth-order valence-corrected chi connectivity index (χ4v) is 6.33. The summed E-state index contributed by atoms with van der Waals surface area (Å²) in [6, 6.07) is 11.7. The molecule has 1 aliphatic heterocycles. The molecule has 5 rings (SSSR count). The van der Waals surface area contributed by atoms with Crippen molar-refractivity contribution in [2.24, 2.45) is 5.73 Å². The van der Waals surface area contributed by atoms with Crippen LogP contribution in [0.2, 0.25) is 0 Å². The van der Waals surface area contributed by atoms with Crippen molar-refractivity contribution in [3.63, 3.8) is 0 Å². The number of nitrogens with one attached hydrogen (secondary N) is 2. The minimum Gasteiger partial charge on any atom is -0.493 e. The first-order valence-electron chi connectivity index (χ1n) is 14.8. The number of anilines is 1. The van der Waals surface area contributed by atoms with Crippen molar-refractivity contribution in [3.05, 3.63) is 87.0 Å². The predicted octanol–water partition coefficient (Wildman–Crippen LogP) is 4.97. The Hall–Kier alpha value is -5.07. The molecule has 0 radical (unpaired) electrons. The van der Waals surface area contributed by atoms with Gasteiger partial charge < -0.3 is 31.1 Å². The lowest BCUT2D eigenvalue weighted by Crippen LogP contribution is -2.26. The number of nitrogens with zero attached hydrogens (tertiary/aromatic N) is 2. The number of pyridine rings is 1. The molecule has 0 unspecified atom stereocenters. The summed E-state index contributed by atoms with van der Waals surface area (Å²) in [6.07, 6.45) is 1.36. The third-order valence-corrected chi connectivity index (χ3v) is 8.64. The first-order valence-corrected chi connectivity index (χ1v) is 15.7. The number of aromatic nitrogens is 1. The van der Waals surface area contributed by atoms with Gasteiger partial charge >= 0.3 is 5.97 Å². The fourth-order valence-electron chi connectivity index (χ4n) is 5.36. The van der Waals surface area contributed by atoms with Crippen LogP contribution in [0.4, 0.5) is 5.69 Å². The Bertz CT molecular complexity index is 1860. The van der Waals surface area contributed by atoms with Crippen LogP contribution >= 0.6 is 11.3 Å². The number of thiophene rings is 1. The summed E-state index contributed by atoms with van der Waals surface area (Å²) in [6.45, 7) is 4.69. The fraction of sp³-hybridized carbons (Fsp3) is 0.265. The first kappa shape index (κ1) is 32.3. The third-order valence-electron chi connectivity index (χ3n) is 7.65. The number of rotatable bonds is 9. The van der Waals surface area contributed by atoms with Gasteiger partial charge in [-0.15, -0.1) is 11.3 Å². The normalized spacial score (nSPS) is 11.8. The molecule has 238 valence electrons. The Morgan fingerprint density at radius 1 is 1.02 bits per heavy atom. The van der Waals surface area contributed by atoms with Crippen molar-refractivity contribution < 1.29 is 29.0 Å². The van der Waals surface area contributed by atoms with Gasteiger partial charge in [0, 0.05) is 60.7 Å². The van der Waals surface area contributed by atoms with Crippen LogP contribution in [0, 0.1) is 6.92 Å². The van der Waals surface area contributed by atoms with Crippen LogP contribution < -0.4 is 21.1 Å². The molecule has 4 aromatic rings. The molecule has 0 spiro atoms. The van der Waals surface area contributed by atoms with Gasteiger partial charge in [0.25, 0.3) is 17.7 Å². The van der Waals surface area contributed by atoms with Crippen LogP contribution in [0.15, 0.2) is 47.8 Å². The topological polar surface area (TPSA) is 164 Å². The predicted molar refractivity (Wildman–Crippen MR) is 177 cm³/mol. The maximum atomic E-state index is 14.3. The molecule has 0 fully saturated rings. The molecule has 0 aliphatic carbocycles. The molecular formula is C34H35N5O6S. The molecule has 0 saturated carbocycles. The molecule has 11 nitrogen and oxygen atoms in total. The lowest BCUT2D eigenvalue weighted by Gasteiger charge is -2.20. The molecule has 3 amide bonds. The van der Waals surface area contributed by atoms with Crippen LogP contribution in [0.1, 0.15) is 71.7 Å². The number of fused-ring (bicyclic) bond motifs is 3. The molecule has 0 bridgehead atoms. The largest absolute Gasteiger partial charge is 0.493 e. The van der Waals surface area contributed by atoms with Gasteiger partial charge in [-0.2, -0.15) is 0 Å². The van der Waals surface area contributed by atoms with Gasteiger partial charge in [-0.05, 0) is 71.8 Å². The molecule has 0 atom stereocenters. The molecule has 2 aromatic heterocycles. The summed E-state index contributed by atoms with van der Waals surface area (Å²) in [5.41, 5.74) is 9.68. The Morgan fingerprint density at radius 3 is 2.50 bits per heavy atom. The molecule has 5 N–H and O–H groups in total. The second-order valence-corrected chi connectivity index (χ2v) is 12.0. The summed E-state index contributed by atoms with van der Waals surface area (Å²) in [7, 11) is 3.24. The number of hydrogen-bond donors (Lipinski definition) is 4. The van der Waals surface area contributed by atoms with Crippen LogP contribution in [-0.2, 0) is 13.0 Å². The lowest BCUT2D eigenvalue weighted by molar-refractivity contribution is 0.0690. The molecular weight excluding hydrogens is 606 g/mol. The maximum Gasteiger partial charge on any atom is 0.355 e. The van der Waals surface area contributed by atoms with Gasteiger partial charge in [0.1, 0.15) is 11.4 Å². The van der Waals surface area contributed by atoms with E-state index in [1.54, 1.807) is 45.3 Å². The highest BCUT2D eigenvalue weighted by Gasteiger charge is 2.28. The number of benzene rings is 2.